The van der Waals surface area contributed by atoms with Crippen LogP contribution in [0.2, 0.25) is 0 Å². The maximum Gasteiger partial charge on any atom is 0.333 e. The first-order valence-corrected chi connectivity index (χ1v) is 10.0. The summed E-state index contributed by atoms with van der Waals surface area (Å²) in [5.74, 6) is -0.365. The van der Waals surface area contributed by atoms with E-state index >= 15 is 0 Å². The Bertz CT molecular complexity index is 1110. The molecule has 0 saturated heterocycles. The van der Waals surface area contributed by atoms with Gasteiger partial charge in [0.15, 0.2) is 11.2 Å². The van der Waals surface area contributed by atoms with Crippen molar-refractivity contribution in [1.29, 1.82) is 0 Å². The predicted octanol–water partition coefficient (Wildman–Crippen LogP) is 0.971. The lowest BCUT2D eigenvalue weighted by atomic mass is 10.2. The Morgan fingerprint density at radius 3 is 2.63 bits per heavy atom. The normalized spacial score (nSPS) is 11.1. The first-order chi connectivity index (χ1) is 14.6. The van der Waals surface area contributed by atoms with E-state index in [-0.39, 0.29) is 24.5 Å². The Morgan fingerprint density at radius 1 is 1.17 bits per heavy atom. The number of nitrogens with zero attached hydrogens (tertiary/aromatic N) is 4. The second-order valence-electron chi connectivity index (χ2n) is 7.05. The topological polar surface area (TPSA) is 100 Å². The number of unbranched alkanes of at least 4 members (excludes halogenated alkanes) is 1. The molecule has 0 aliphatic carbocycles. The van der Waals surface area contributed by atoms with E-state index < -0.39 is 11.2 Å². The van der Waals surface area contributed by atoms with Crippen LogP contribution in [-0.4, -0.2) is 44.9 Å². The summed E-state index contributed by atoms with van der Waals surface area (Å²) in [6, 6.07) is 9.45. The van der Waals surface area contributed by atoms with E-state index in [0.29, 0.717) is 25.3 Å². The molecule has 0 aliphatic rings. The lowest BCUT2D eigenvalue weighted by Gasteiger charge is -2.13. The summed E-state index contributed by atoms with van der Waals surface area (Å²) in [4.78, 5) is 43.0. The zero-order valence-electron chi connectivity index (χ0n) is 17.3. The van der Waals surface area contributed by atoms with Gasteiger partial charge in [-0.15, -0.1) is 0 Å². The molecule has 0 spiro atoms. The van der Waals surface area contributed by atoms with Crippen molar-refractivity contribution in [3.05, 3.63) is 63.1 Å². The van der Waals surface area contributed by atoms with Crippen molar-refractivity contribution in [2.45, 2.75) is 39.4 Å². The van der Waals surface area contributed by atoms with Crippen LogP contribution in [0, 0.1) is 0 Å². The average molecular weight is 413 g/mol. The largest absolute Gasteiger partial charge is 0.383 e. The SMILES string of the molecule is CCCCNC(=O)Cn1c(=O)c2c(ncn2CCOC)n(Cc2ccccc2)c1=O. The fraction of sp³-hybridized carbons (Fsp3) is 0.429. The van der Waals surface area contributed by atoms with Gasteiger partial charge in [-0.3, -0.25) is 14.2 Å². The number of fused-ring (bicyclic) bond motifs is 1. The minimum Gasteiger partial charge on any atom is -0.383 e. The molecule has 0 bridgehead atoms. The Morgan fingerprint density at radius 2 is 1.93 bits per heavy atom. The number of carbonyl (C=O) groups excluding carboxylic acids is 1. The van der Waals surface area contributed by atoms with Crippen LogP contribution in [0.4, 0.5) is 0 Å². The molecule has 3 rings (SSSR count). The minimum absolute atomic E-state index is 0.245. The molecule has 9 heteroatoms. The van der Waals surface area contributed by atoms with E-state index in [9.17, 15) is 14.4 Å². The van der Waals surface area contributed by atoms with Crippen molar-refractivity contribution >= 4 is 17.1 Å². The van der Waals surface area contributed by atoms with Crippen LogP contribution >= 0.6 is 0 Å². The van der Waals surface area contributed by atoms with Gasteiger partial charge in [0.05, 0.1) is 19.5 Å². The van der Waals surface area contributed by atoms with Crippen LogP contribution in [0.3, 0.4) is 0 Å². The van der Waals surface area contributed by atoms with Gasteiger partial charge < -0.3 is 14.6 Å². The quantitative estimate of drug-likeness (QED) is 0.499. The van der Waals surface area contributed by atoms with Crippen molar-refractivity contribution in [3.8, 4) is 0 Å². The number of imidazole rings is 1. The van der Waals surface area contributed by atoms with E-state index in [4.69, 9.17) is 4.74 Å². The third kappa shape index (κ3) is 4.68. The molecule has 0 radical (unpaired) electrons. The van der Waals surface area contributed by atoms with Gasteiger partial charge >= 0.3 is 5.69 Å². The third-order valence-corrected chi connectivity index (χ3v) is 4.86. The van der Waals surface area contributed by atoms with Gasteiger partial charge in [0.25, 0.3) is 5.56 Å². The molecular formula is C21H27N5O4. The molecule has 2 heterocycles. The van der Waals surface area contributed by atoms with Crippen LogP contribution in [0.25, 0.3) is 11.2 Å². The average Bonchev–Trinajstić information content (AvgIpc) is 3.17. The molecule has 0 atom stereocenters. The number of nitrogens with one attached hydrogen (secondary N) is 1. The molecular weight excluding hydrogens is 386 g/mol. The van der Waals surface area contributed by atoms with E-state index in [2.05, 4.69) is 10.3 Å². The van der Waals surface area contributed by atoms with Crippen LogP contribution in [0.15, 0.2) is 46.2 Å². The summed E-state index contributed by atoms with van der Waals surface area (Å²) < 4.78 is 9.20. The lowest BCUT2D eigenvalue weighted by Crippen LogP contribution is -2.44. The van der Waals surface area contributed by atoms with E-state index in [0.717, 1.165) is 23.0 Å². The molecule has 0 fully saturated rings. The van der Waals surface area contributed by atoms with Gasteiger partial charge in [-0.05, 0) is 12.0 Å². The van der Waals surface area contributed by atoms with Gasteiger partial charge in [-0.1, -0.05) is 43.7 Å². The molecule has 0 unspecified atom stereocenters. The number of benzene rings is 1. The first kappa shape index (κ1) is 21.5. The van der Waals surface area contributed by atoms with Crippen molar-refractivity contribution in [3.63, 3.8) is 0 Å². The highest BCUT2D eigenvalue weighted by Gasteiger charge is 2.19. The molecule has 3 aromatic rings. The van der Waals surface area contributed by atoms with Crippen molar-refractivity contribution in [2.75, 3.05) is 20.3 Å². The van der Waals surface area contributed by atoms with Crippen molar-refractivity contribution in [2.24, 2.45) is 0 Å². The molecule has 0 aliphatic heterocycles. The molecule has 2 aromatic heterocycles. The van der Waals surface area contributed by atoms with Gasteiger partial charge in [-0.2, -0.15) is 0 Å². The number of hydrogen-bond acceptors (Lipinski definition) is 5. The van der Waals surface area contributed by atoms with E-state index in [1.165, 1.54) is 10.9 Å². The van der Waals surface area contributed by atoms with Crippen LogP contribution < -0.4 is 16.6 Å². The Kier molecular flexibility index (Phi) is 7.18. The summed E-state index contributed by atoms with van der Waals surface area (Å²) in [6.45, 7) is 3.25. The van der Waals surface area contributed by atoms with Crippen LogP contribution in [0.1, 0.15) is 25.3 Å². The molecule has 9 nitrogen and oxygen atoms in total. The van der Waals surface area contributed by atoms with Crippen molar-refractivity contribution in [1.82, 2.24) is 24.0 Å². The van der Waals surface area contributed by atoms with Gasteiger partial charge in [0.2, 0.25) is 5.91 Å². The number of amides is 1. The zero-order chi connectivity index (χ0) is 21.5. The molecule has 30 heavy (non-hydrogen) atoms. The Labute approximate surface area is 173 Å². The molecule has 1 amide bonds. The summed E-state index contributed by atoms with van der Waals surface area (Å²) in [5.41, 5.74) is 0.388. The highest BCUT2D eigenvalue weighted by Crippen LogP contribution is 2.10. The second-order valence-corrected chi connectivity index (χ2v) is 7.05. The van der Waals surface area contributed by atoms with E-state index in [1.54, 1.807) is 11.7 Å². The predicted molar refractivity (Wildman–Crippen MR) is 114 cm³/mol. The van der Waals surface area contributed by atoms with Gasteiger partial charge in [-0.25, -0.2) is 14.3 Å². The Hall–Kier alpha value is -3.20. The number of hydrogen-bond donors (Lipinski definition) is 1. The number of aromatic nitrogens is 4. The lowest BCUT2D eigenvalue weighted by molar-refractivity contribution is -0.121. The van der Waals surface area contributed by atoms with E-state index in [1.807, 2.05) is 37.3 Å². The second kappa shape index (κ2) is 10.0. The summed E-state index contributed by atoms with van der Waals surface area (Å²) in [6.07, 6.45) is 3.30. The number of ether oxygens (including phenoxy) is 1. The maximum absolute atomic E-state index is 13.2. The first-order valence-electron chi connectivity index (χ1n) is 10.0. The summed E-state index contributed by atoms with van der Waals surface area (Å²) in [5, 5.41) is 2.76. The maximum atomic E-state index is 13.2. The summed E-state index contributed by atoms with van der Waals surface area (Å²) >= 11 is 0. The van der Waals surface area contributed by atoms with Crippen LogP contribution in [-0.2, 0) is 29.2 Å². The zero-order valence-corrected chi connectivity index (χ0v) is 17.3. The van der Waals surface area contributed by atoms with Gasteiger partial charge in [0, 0.05) is 20.2 Å². The summed E-state index contributed by atoms with van der Waals surface area (Å²) in [7, 11) is 1.57. The Balaban J connectivity index is 2.08. The fourth-order valence-corrected chi connectivity index (χ4v) is 3.25. The molecule has 1 aromatic carbocycles. The standard InChI is InChI=1S/C21H27N5O4/c1-3-4-10-22-17(27)14-26-20(28)18-19(23-15-24(18)11-12-30-2)25(21(26)29)13-16-8-6-5-7-9-16/h5-9,15H,3-4,10-14H2,1-2H3,(H,22,27). The van der Waals surface area contributed by atoms with Crippen molar-refractivity contribution < 1.29 is 9.53 Å². The number of carbonyl (C=O) groups is 1. The third-order valence-electron chi connectivity index (χ3n) is 4.86. The minimum atomic E-state index is -0.556. The van der Waals surface area contributed by atoms with Crippen LogP contribution in [0.5, 0.6) is 0 Å². The monoisotopic (exact) mass is 413 g/mol. The molecule has 0 saturated carbocycles. The molecule has 1 N–H and O–H groups in total. The highest BCUT2D eigenvalue weighted by atomic mass is 16.5. The number of methoxy groups -OCH3 is 1. The smallest absolute Gasteiger partial charge is 0.333 e. The number of rotatable bonds is 10. The highest BCUT2D eigenvalue weighted by molar-refractivity contribution is 5.76. The molecule has 160 valence electrons. The fourth-order valence-electron chi connectivity index (χ4n) is 3.25. The van der Waals surface area contributed by atoms with Gasteiger partial charge in [0.1, 0.15) is 6.54 Å².